The van der Waals surface area contributed by atoms with Gasteiger partial charge in [-0.2, -0.15) is 15.0 Å². The highest BCUT2D eigenvalue weighted by Crippen LogP contribution is 2.63. The molecule has 8 nitrogen and oxygen atoms in total. The van der Waals surface area contributed by atoms with Crippen molar-refractivity contribution >= 4 is 0 Å². The molecule has 2 atom stereocenters. The molecule has 1 fully saturated rings. The average Bonchev–Trinajstić information content (AvgIpc) is 3.38. The minimum atomic E-state index is -0.657. The number of aromatic nitrogens is 7. The van der Waals surface area contributed by atoms with Crippen LogP contribution in [0.15, 0.2) is 42.9 Å². The number of benzene rings is 1. The van der Waals surface area contributed by atoms with E-state index in [-0.39, 0.29) is 22.6 Å². The first-order valence-electron chi connectivity index (χ1n) is 12.8. The maximum atomic E-state index is 14.6. The lowest BCUT2D eigenvalue weighted by atomic mass is 9.47. The van der Waals surface area contributed by atoms with E-state index < -0.39 is 17.0 Å². The van der Waals surface area contributed by atoms with Crippen LogP contribution in [0, 0.1) is 28.4 Å². The number of hydrogen-bond acceptors (Lipinski definition) is 7. The predicted octanol–water partition coefficient (Wildman–Crippen LogP) is 5.23. The van der Waals surface area contributed by atoms with Crippen LogP contribution >= 0.6 is 0 Å². The van der Waals surface area contributed by atoms with Gasteiger partial charge in [-0.15, -0.1) is 10.2 Å². The van der Waals surface area contributed by atoms with Crippen molar-refractivity contribution in [3.05, 3.63) is 77.3 Å². The van der Waals surface area contributed by atoms with Crippen LogP contribution in [0.4, 0.5) is 8.78 Å². The molecule has 1 saturated carbocycles. The summed E-state index contributed by atoms with van der Waals surface area (Å²) in [6.45, 7) is 4.44. The zero-order valence-electron chi connectivity index (χ0n) is 21.2. The van der Waals surface area contributed by atoms with Gasteiger partial charge >= 0.3 is 0 Å². The molecule has 0 saturated heterocycles. The van der Waals surface area contributed by atoms with Crippen LogP contribution in [-0.4, -0.2) is 34.9 Å². The van der Waals surface area contributed by atoms with E-state index in [2.05, 4.69) is 45.2 Å². The molecule has 0 aliphatic heterocycles. The van der Waals surface area contributed by atoms with Gasteiger partial charge in [0.2, 0.25) is 0 Å². The van der Waals surface area contributed by atoms with Crippen LogP contribution in [0.3, 0.4) is 0 Å². The third-order valence-electron chi connectivity index (χ3n) is 8.18. The third-order valence-corrected chi connectivity index (χ3v) is 8.18. The molecule has 3 aliphatic rings. The quantitative estimate of drug-likeness (QED) is 0.326. The van der Waals surface area contributed by atoms with E-state index in [9.17, 15) is 8.78 Å². The van der Waals surface area contributed by atoms with Crippen molar-refractivity contribution in [3.63, 3.8) is 0 Å². The van der Waals surface area contributed by atoms with Crippen molar-refractivity contribution in [2.24, 2.45) is 5.41 Å². The van der Waals surface area contributed by atoms with E-state index in [4.69, 9.17) is 10.2 Å². The van der Waals surface area contributed by atoms with Crippen LogP contribution in [0.1, 0.15) is 74.6 Å². The van der Waals surface area contributed by atoms with Gasteiger partial charge in [0.1, 0.15) is 18.0 Å². The fourth-order valence-corrected chi connectivity index (χ4v) is 6.37. The Bertz CT molecular complexity index is 1550. The smallest absolute Gasteiger partial charge is 0.220 e. The highest BCUT2D eigenvalue weighted by Gasteiger charge is 2.59. The average molecular weight is 513 g/mol. The first-order chi connectivity index (χ1) is 18.3. The first-order valence-corrected chi connectivity index (χ1v) is 12.8. The molecule has 4 aromatic rings. The summed E-state index contributed by atoms with van der Waals surface area (Å²) in [5, 5.41) is 22.3. The molecule has 38 heavy (non-hydrogen) atoms. The van der Waals surface area contributed by atoms with Crippen LogP contribution in [0.25, 0.3) is 17.2 Å². The fourth-order valence-electron chi connectivity index (χ4n) is 6.37. The van der Waals surface area contributed by atoms with Crippen molar-refractivity contribution < 1.29 is 8.78 Å². The Morgan fingerprint density at radius 3 is 2.71 bits per heavy atom. The summed E-state index contributed by atoms with van der Waals surface area (Å²) in [4.78, 5) is 13.8. The Morgan fingerprint density at radius 2 is 1.95 bits per heavy atom. The van der Waals surface area contributed by atoms with Gasteiger partial charge in [-0.25, -0.2) is 23.7 Å². The highest BCUT2D eigenvalue weighted by molar-refractivity contribution is 5.63. The summed E-state index contributed by atoms with van der Waals surface area (Å²) in [6, 6.07) is 9.67. The van der Waals surface area contributed by atoms with Crippen molar-refractivity contribution in [2.45, 2.75) is 63.7 Å². The van der Waals surface area contributed by atoms with Crippen molar-refractivity contribution in [1.82, 2.24) is 34.9 Å². The summed E-state index contributed by atoms with van der Waals surface area (Å²) in [7, 11) is 0. The summed E-state index contributed by atoms with van der Waals surface area (Å²) in [5.41, 5.74) is 1.90. The van der Waals surface area contributed by atoms with E-state index in [0.717, 1.165) is 36.2 Å². The maximum absolute atomic E-state index is 14.6. The minimum absolute atomic E-state index is 0.154. The molecule has 2 bridgehead atoms. The second-order valence-corrected chi connectivity index (χ2v) is 10.7. The second kappa shape index (κ2) is 9.01. The zero-order valence-corrected chi connectivity index (χ0v) is 21.2. The molecule has 7 rings (SSSR count). The number of fused-ring (bicyclic) bond motifs is 2. The topological polar surface area (TPSA) is 106 Å². The van der Waals surface area contributed by atoms with E-state index in [1.807, 2.05) is 12.1 Å². The van der Waals surface area contributed by atoms with Gasteiger partial charge in [0.25, 0.3) is 5.95 Å². The molecule has 3 aliphatic carbocycles. The van der Waals surface area contributed by atoms with Crippen LogP contribution in [-0.2, 0) is 11.8 Å². The van der Waals surface area contributed by atoms with Crippen molar-refractivity contribution in [1.29, 1.82) is 5.26 Å². The standard InChI is InChI=1S/C28H26F2N8/c1-27(2)15-17-9-11-28(27,25-18(17)14-21(35-36-25)24-19(29)6-5-7-20(24)30)22-10-13-32-26(34-22)38-16-33-23(37-38)8-3-4-12-31/h5-7,10,13-14,16-17H,3-4,8-9,11,15H2,1-2H3/t17-,28+/m1/s1. The Morgan fingerprint density at radius 1 is 1.13 bits per heavy atom. The van der Waals surface area contributed by atoms with Crippen molar-refractivity contribution in [3.8, 4) is 23.3 Å². The molecule has 10 heteroatoms. The summed E-state index contributed by atoms with van der Waals surface area (Å²) >= 11 is 0. The normalized spacial score (nSPS) is 21.2. The van der Waals surface area contributed by atoms with Gasteiger partial charge in [-0.1, -0.05) is 19.9 Å². The number of aryl methyl sites for hydroxylation is 1. The maximum Gasteiger partial charge on any atom is 0.252 e. The Balaban J connectivity index is 1.44. The van der Waals surface area contributed by atoms with Gasteiger partial charge in [-0.3, -0.25) is 0 Å². The second-order valence-electron chi connectivity index (χ2n) is 10.7. The van der Waals surface area contributed by atoms with Crippen LogP contribution in [0.2, 0.25) is 0 Å². The number of hydrogen-bond donors (Lipinski definition) is 0. The predicted molar refractivity (Wildman–Crippen MR) is 134 cm³/mol. The van der Waals surface area contributed by atoms with Gasteiger partial charge in [0, 0.05) is 19.0 Å². The van der Waals surface area contributed by atoms with E-state index in [1.165, 1.54) is 18.2 Å². The van der Waals surface area contributed by atoms with E-state index in [0.29, 0.717) is 31.0 Å². The van der Waals surface area contributed by atoms with Crippen molar-refractivity contribution in [2.75, 3.05) is 0 Å². The van der Waals surface area contributed by atoms with Crippen LogP contribution < -0.4 is 0 Å². The van der Waals surface area contributed by atoms with Gasteiger partial charge < -0.3 is 0 Å². The molecule has 0 amide bonds. The molecular weight excluding hydrogens is 486 g/mol. The minimum Gasteiger partial charge on any atom is -0.220 e. The number of nitrogens with zero attached hydrogens (tertiary/aromatic N) is 8. The van der Waals surface area contributed by atoms with E-state index in [1.54, 1.807) is 17.2 Å². The number of halogens is 2. The molecule has 1 aromatic carbocycles. The Kier molecular flexibility index (Phi) is 5.74. The SMILES string of the molecule is CC1(C)C[C@H]2CC[C@]1(c1ccnc(-n3cnc(CCCC#N)n3)n1)c1nnc(-c3c(F)cccc3F)cc12. The van der Waals surface area contributed by atoms with Gasteiger partial charge in [0.15, 0.2) is 5.82 Å². The molecule has 0 unspecified atom stereocenters. The molecular formula is C28H26F2N8. The third kappa shape index (κ3) is 3.68. The monoisotopic (exact) mass is 512 g/mol. The number of nitriles is 1. The summed E-state index contributed by atoms with van der Waals surface area (Å²) < 4.78 is 30.7. The van der Waals surface area contributed by atoms with E-state index >= 15 is 0 Å². The van der Waals surface area contributed by atoms with Gasteiger partial charge in [0.05, 0.1) is 34.1 Å². The zero-order chi connectivity index (χ0) is 26.5. The summed E-state index contributed by atoms with van der Waals surface area (Å²) in [6.07, 6.45) is 7.67. The lowest BCUT2D eigenvalue weighted by molar-refractivity contribution is 0.0810. The molecule has 3 aromatic heterocycles. The molecule has 192 valence electrons. The largest absolute Gasteiger partial charge is 0.252 e. The van der Waals surface area contributed by atoms with Crippen LogP contribution in [0.5, 0.6) is 0 Å². The van der Waals surface area contributed by atoms with Gasteiger partial charge in [-0.05, 0) is 66.8 Å². The number of unbranched alkanes of at least 4 members (excludes halogenated alkanes) is 1. The lowest BCUT2D eigenvalue weighted by Gasteiger charge is -2.56. The number of rotatable bonds is 6. The molecule has 0 spiro atoms. The Labute approximate surface area is 218 Å². The first kappa shape index (κ1) is 24.2. The lowest BCUT2D eigenvalue weighted by Crippen LogP contribution is -2.53. The molecule has 0 radical (unpaired) electrons. The fraction of sp³-hybridized carbons (Fsp3) is 0.393. The molecule has 3 heterocycles. The highest BCUT2D eigenvalue weighted by atomic mass is 19.1. The molecule has 0 N–H and O–H groups in total. The summed E-state index contributed by atoms with van der Waals surface area (Å²) in [5.74, 6) is -0.0568. The Hall–Kier alpha value is -4.13.